The smallest absolute Gasteiger partial charge is 0.261 e. The monoisotopic (exact) mass is 345 g/mol. The van der Waals surface area contributed by atoms with Crippen molar-refractivity contribution in [2.24, 2.45) is 0 Å². The van der Waals surface area contributed by atoms with Crippen molar-refractivity contribution in [2.75, 3.05) is 12.4 Å². The van der Waals surface area contributed by atoms with Crippen LogP contribution in [0.2, 0.25) is 0 Å². The van der Waals surface area contributed by atoms with Crippen molar-refractivity contribution in [1.82, 2.24) is 10.1 Å². The zero-order valence-electron chi connectivity index (χ0n) is 14.0. The summed E-state index contributed by atoms with van der Waals surface area (Å²) in [5.41, 5.74) is 2.45. The summed E-state index contributed by atoms with van der Waals surface area (Å²) in [6, 6.07) is 16.7. The Kier molecular flexibility index (Phi) is 4.07. The SMILES string of the molecule is COc1ccc(-c2oncc2C(=O)Nc2cccc3cccnc23)cc1. The van der Waals surface area contributed by atoms with E-state index in [9.17, 15) is 4.79 Å². The number of methoxy groups -OCH3 is 1. The minimum atomic E-state index is -0.310. The van der Waals surface area contributed by atoms with Gasteiger partial charge in [0.15, 0.2) is 5.76 Å². The number of rotatable bonds is 4. The lowest BCUT2D eigenvalue weighted by atomic mass is 10.1. The molecule has 0 fully saturated rings. The number of aromatic nitrogens is 2. The summed E-state index contributed by atoms with van der Waals surface area (Å²) in [7, 11) is 1.60. The van der Waals surface area contributed by atoms with Gasteiger partial charge in [-0.05, 0) is 36.4 Å². The average molecular weight is 345 g/mol. The predicted octanol–water partition coefficient (Wildman–Crippen LogP) is 4.15. The molecule has 6 nitrogen and oxygen atoms in total. The van der Waals surface area contributed by atoms with Crippen molar-refractivity contribution < 1.29 is 14.1 Å². The van der Waals surface area contributed by atoms with Crippen LogP contribution < -0.4 is 10.1 Å². The third kappa shape index (κ3) is 2.88. The first-order chi connectivity index (χ1) is 12.8. The summed E-state index contributed by atoms with van der Waals surface area (Å²) >= 11 is 0. The maximum absolute atomic E-state index is 12.8. The second-order valence-electron chi connectivity index (χ2n) is 5.63. The maximum Gasteiger partial charge on any atom is 0.261 e. The molecule has 0 saturated heterocycles. The van der Waals surface area contributed by atoms with Gasteiger partial charge in [0, 0.05) is 17.1 Å². The van der Waals surface area contributed by atoms with Crippen LogP contribution in [0.1, 0.15) is 10.4 Å². The van der Waals surface area contributed by atoms with E-state index in [-0.39, 0.29) is 5.91 Å². The molecular weight excluding hydrogens is 330 g/mol. The number of pyridine rings is 1. The van der Waals surface area contributed by atoms with Crippen LogP contribution in [0, 0.1) is 0 Å². The minimum absolute atomic E-state index is 0.310. The van der Waals surface area contributed by atoms with E-state index >= 15 is 0 Å². The maximum atomic E-state index is 12.8. The number of carbonyl (C=O) groups excluding carboxylic acids is 1. The number of para-hydroxylation sites is 1. The fraction of sp³-hybridized carbons (Fsp3) is 0.0500. The molecule has 6 heteroatoms. The molecule has 0 aliphatic heterocycles. The topological polar surface area (TPSA) is 77.2 Å². The molecule has 1 amide bonds. The van der Waals surface area contributed by atoms with Gasteiger partial charge in [-0.25, -0.2) is 0 Å². The fourth-order valence-electron chi connectivity index (χ4n) is 2.75. The summed E-state index contributed by atoms with van der Waals surface area (Å²) in [4.78, 5) is 17.1. The predicted molar refractivity (Wildman–Crippen MR) is 98.2 cm³/mol. The molecule has 0 unspecified atom stereocenters. The highest BCUT2D eigenvalue weighted by atomic mass is 16.5. The highest BCUT2D eigenvalue weighted by Crippen LogP contribution is 2.27. The van der Waals surface area contributed by atoms with Crippen molar-refractivity contribution in [3.63, 3.8) is 0 Å². The first-order valence-corrected chi connectivity index (χ1v) is 8.00. The molecule has 0 radical (unpaired) electrons. The summed E-state index contributed by atoms with van der Waals surface area (Å²) < 4.78 is 10.5. The highest BCUT2D eigenvalue weighted by molar-refractivity contribution is 6.10. The Labute approximate surface area is 149 Å². The van der Waals surface area contributed by atoms with Gasteiger partial charge in [-0.2, -0.15) is 0 Å². The zero-order chi connectivity index (χ0) is 17.9. The van der Waals surface area contributed by atoms with E-state index in [0.717, 1.165) is 22.2 Å². The number of fused-ring (bicyclic) bond motifs is 1. The third-order valence-corrected chi connectivity index (χ3v) is 4.05. The second-order valence-corrected chi connectivity index (χ2v) is 5.63. The molecule has 0 spiro atoms. The number of ether oxygens (including phenoxy) is 1. The van der Waals surface area contributed by atoms with E-state index in [2.05, 4.69) is 15.5 Å². The van der Waals surface area contributed by atoms with Crippen molar-refractivity contribution in [2.45, 2.75) is 0 Å². The Morgan fingerprint density at radius 2 is 1.88 bits per heavy atom. The standard InChI is InChI=1S/C20H15N3O3/c1-25-15-9-7-14(8-10-15)19-16(12-22-26-19)20(24)23-17-6-2-4-13-5-3-11-21-18(13)17/h2-12H,1H3,(H,23,24). The Morgan fingerprint density at radius 1 is 1.08 bits per heavy atom. The number of nitrogens with one attached hydrogen (secondary N) is 1. The van der Waals surface area contributed by atoms with Crippen LogP contribution in [0.25, 0.3) is 22.2 Å². The lowest BCUT2D eigenvalue weighted by molar-refractivity contribution is 0.102. The van der Waals surface area contributed by atoms with Crippen LogP contribution in [-0.2, 0) is 0 Å². The number of hydrogen-bond acceptors (Lipinski definition) is 5. The van der Waals surface area contributed by atoms with Crippen LogP contribution in [-0.4, -0.2) is 23.2 Å². The van der Waals surface area contributed by atoms with Gasteiger partial charge in [0.05, 0.1) is 24.5 Å². The van der Waals surface area contributed by atoms with Crippen molar-refractivity contribution in [3.05, 3.63) is 72.6 Å². The summed E-state index contributed by atoms with van der Waals surface area (Å²) in [5.74, 6) is 0.815. The van der Waals surface area contributed by atoms with E-state index in [4.69, 9.17) is 9.26 Å². The molecule has 0 atom stereocenters. The Bertz CT molecular complexity index is 1070. The normalized spacial score (nSPS) is 10.7. The fourth-order valence-corrected chi connectivity index (χ4v) is 2.75. The van der Waals surface area contributed by atoms with E-state index in [0.29, 0.717) is 17.0 Å². The molecule has 128 valence electrons. The molecule has 4 aromatic rings. The van der Waals surface area contributed by atoms with Gasteiger partial charge in [0.1, 0.15) is 11.3 Å². The van der Waals surface area contributed by atoms with Crippen LogP contribution in [0.4, 0.5) is 5.69 Å². The van der Waals surface area contributed by atoms with Gasteiger partial charge in [0.2, 0.25) is 0 Å². The summed E-state index contributed by atoms with van der Waals surface area (Å²) in [5, 5.41) is 7.63. The van der Waals surface area contributed by atoms with Gasteiger partial charge in [-0.15, -0.1) is 0 Å². The Balaban J connectivity index is 1.66. The van der Waals surface area contributed by atoms with E-state index in [1.54, 1.807) is 25.4 Å². The van der Waals surface area contributed by atoms with Gasteiger partial charge in [-0.1, -0.05) is 23.4 Å². The average Bonchev–Trinajstić information content (AvgIpc) is 3.18. The summed E-state index contributed by atoms with van der Waals surface area (Å²) in [6.07, 6.45) is 3.10. The van der Waals surface area contributed by atoms with E-state index < -0.39 is 0 Å². The molecule has 2 aromatic heterocycles. The van der Waals surface area contributed by atoms with Gasteiger partial charge in [0.25, 0.3) is 5.91 Å². The molecule has 2 heterocycles. The second kappa shape index (κ2) is 6.68. The van der Waals surface area contributed by atoms with E-state index in [1.807, 2.05) is 42.5 Å². The molecule has 26 heavy (non-hydrogen) atoms. The number of benzene rings is 2. The van der Waals surface area contributed by atoms with Crippen LogP contribution in [0.5, 0.6) is 5.75 Å². The van der Waals surface area contributed by atoms with Crippen LogP contribution >= 0.6 is 0 Å². The first-order valence-electron chi connectivity index (χ1n) is 8.00. The lowest BCUT2D eigenvalue weighted by Gasteiger charge is -2.08. The molecule has 2 aromatic carbocycles. The molecule has 0 aliphatic rings. The van der Waals surface area contributed by atoms with Crippen LogP contribution in [0.15, 0.2) is 71.5 Å². The molecule has 0 bridgehead atoms. The first kappa shape index (κ1) is 15.8. The largest absolute Gasteiger partial charge is 0.497 e. The van der Waals surface area contributed by atoms with E-state index in [1.165, 1.54) is 6.20 Å². The number of hydrogen-bond donors (Lipinski definition) is 1. The van der Waals surface area contributed by atoms with Crippen molar-refractivity contribution >= 4 is 22.5 Å². The van der Waals surface area contributed by atoms with Crippen LogP contribution in [0.3, 0.4) is 0 Å². The Morgan fingerprint density at radius 3 is 2.69 bits per heavy atom. The number of amides is 1. The van der Waals surface area contributed by atoms with Gasteiger partial charge < -0.3 is 14.6 Å². The molecular formula is C20H15N3O3. The van der Waals surface area contributed by atoms with Crippen molar-refractivity contribution in [3.8, 4) is 17.1 Å². The highest BCUT2D eigenvalue weighted by Gasteiger charge is 2.19. The van der Waals surface area contributed by atoms with Crippen molar-refractivity contribution in [1.29, 1.82) is 0 Å². The Hall–Kier alpha value is -3.67. The number of nitrogens with zero attached hydrogens (tertiary/aromatic N) is 2. The van der Waals surface area contributed by atoms with Gasteiger partial charge in [-0.3, -0.25) is 9.78 Å². The molecule has 0 aliphatic carbocycles. The zero-order valence-corrected chi connectivity index (χ0v) is 14.0. The summed E-state index contributed by atoms with van der Waals surface area (Å²) in [6.45, 7) is 0. The molecule has 1 N–H and O–H groups in total. The number of carbonyl (C=O) groups is 1. The molecule has 0 saturated carbocycles. The molecule has 4 rings (SSSR count). The number of anilines is 1. The minimum Gasteiger partial charge on any atom is -0.497 e. The third-order valence-electron chi connectivity index (χ3n) is 4.05. The van der Waals surface area contributed by atoms with Gasteiger partial charge >= 0.3 is 0 Å². The quantitative estimate of drug-likeness (QED) is 0.601. The lowest BCUT2D eigenvalue weighted by Crippen LogP contribution is -2.12.